The van der Waals surface area contributed by atoms with E-state index in [0.29, 0.717) is 30.0 Å². The Bertz CT molecular complexity index is 1160. The van der Waals surface area contributed by atoms with Gasteiger partial charge in [-0.25, -0.2) is 22.0 Å². The molecular weight excluding hydrogens is 404 g/mol. The molecule has 4 rings (SSSR count). The lowest BCUT2D eigenvalue weighted by Gasteiger charge is -2.37. The maximum absolute atomic E-state index is 14.0. The summed E-state index contributed by atoms with van der Waals surface area (Å²) in [7, 11) is -3.21. The molecule has 29 heavy (non-hydrogen) atoms. The van der Waals surface area contributed by atoms with Crippen molar-refractivity contribution < 1.29 is 31.5 Å². The molecule has 0 aliphatic heterocycles. The fourth-order valence-electron chi connectivity index (χ4n) is 4.10. The van der Waals surface area contributed by atoms with Crippen LogP contribution >= 0.6 is 0 Å². The Kier molecular flexibility index (Phi) is 4.45. The lowest BCUT2D eigenvalue weighted by Crippen LogP contribution is -2.39. The maximum Gasteiger partial charge on any atom is 0.338 e. The zero-order valence-electron chi connectivity index (χ0n) is 15.4. The predicted molar refractivity (Wildman–Crippen MR) is 99.2 cm³/mol. The SMILES string of the molecule is COC(=O)c1cc(NS(=O)(=O)c2ccc(F)cc2F)cc2c1CC(=O)C21CCC1. The summed E-state index contributed by atoms with van der Waals surface area (Å²) in [5, 5.41) is 0. The molecule has 0 bridgehead atoms. The molecule has 1 N–H and O–H groups in total. The van der Waals surface area contributed by atoms with E-state index in [-0.39, 0.29) is 23.5 Å². The van der Waals surface area contributed by atoms with Crippen LogP contribution in [0.4, 0.5) is 14.5 Å². The number of Topliss-reactive ketones (excluding diaryl/α,β-unsaturated/α-hetero) is 1. The topological polar surface area (TPSA) is 89.5 Å². The Morgan fingerprint density at radius 2 is 1.90 bits per heavy atom. The number of rotatable bonds is 4. The number of halogens is 2. The molecule has 6 nitrogen and oxygen atoms in total. The number of methoxy groups -OCH3 is 1. The molecule has 9 heteroatoms. The van der Waals surface area contributed by atoms with Crippen LogP contribution in [0.15, 0.2) is 35.2 Å². The van der Waals surface area contributed by atoms with Gasteiger partial charge in [0, 0.05) is 12.5 Å². The molecule has 152 valence electrons. The first-order valence-electron chi connectivity index (χ1n) is 8.95. The van der Waals surface area contributed by atoms with Crippen molar-refractivity contribution in [2.24, 2.45) is 0 Å². The molecule has 1 fully saturated rings. The van der Waals surface area contributed by atoms with Gasteiger partial charge in [0.15, 0.2) is 0 Å². The number of carbonyl (C=O) groups excluding carboxylic acids is 2. The van der Waals surface area contributed by atoms with Gasteiger partial charge in [0.2, 0.25) is 0 Å². The summed E-state index contributed by atoms with van der Waals surface area (Å²) in [5.41, 5.74) is 0.542. The maximum atomic E-state index is 14.0. The summed E-state index contributed by atoms with van der Waals surface area (Å²) in [5.74, 6) is -2.84. The molecule has 0 unspecified atom stereocenters. The first kappa shape index (κ1) is 19.5. The first-order chi connectivity index (χ1) is 13.7. The van der Waals surface area contributed by atoms with E-state index in [9.17, 15) is 26.8 Å². The van der Waals surface area contributed by atoms with E-state index in [1.54, 1.807) is 0 Å². The number of ketones is 1. The lowest BCUT2D eigenvalue weighted by molar-refractivity contribution is -0.125. The minimum atomic E-state index is -4.40. The fraction of sp³-hybridized carbons (Fsp3) is 0.300. The van der Waals surface area contributed by atoms with Crippen molar-refractivity contribution in [3.05, 3.63) is 58.7 Å². The number of esters is 1. The van der Waals surface area contributed by atoms with E-state index in [4.69, 9.17) is 4.74 Å². The first-order valence-corrected chi connectivity index (χ1v) is 10.4. The van der Waals surface area contributed by atoms with Crippen molar-refractivity contribution >= 4 is 27.5 Å². The fourth-order valence-corrected chi connectivity index (χ4v) is 5.20. The van der Waals surface area contributed by atoms with Crippen molar-refractivity contribution in [2.75, 3.05) is 11.8 Å². The van der Waals surface area contributed by atoms with Crippen LogP contribution in [0.3, 0.4) is 0 Å². The number of benzene rings is 2. The molecule has 0 radical (unpaired) electrons. The molecule has 1 spiro atoms. The van der Waals surface area contributed by atoms with Crippen molar-refractivity contribution in [1.29, 1.82) is 0 Å². The van der Waals surface area contributed by atoms with E-state index in [0.717, 1.165) is 18.6 Å². The van der Waals surface area contributed by atoms with Crippen LogP contribution in [0.25, 0.3) is 0 Å². The number of fused-ring (bicyclic) bond motifs is 2. The van der Waals surface area contributed by atoms with Crippen LogP contribution in [-0.4, -0.2) is 27.3 Å². The number of ether oxygens (including phenoxy) is 1. The van der Waals surface area contributed by atoms with Gasteiger partial charge >= 0.3 is 5.97 Å². The highest BCUT2D eigenvalue weighted by Crippen LogP contribution is 2.52. The number of hydrogen-bond donors (Lipinski definition) is 1. The highest BCUT2D eigenvalue weighted by molar-refractivity contribution is 7.92. The largest absolute Gasteiger partial charge is 0.465 e. The number of hydrogen-bond acceptors (Lipinski definition) is 5. The Balaban J connectivity index is 1.81. The molecule has 0 saturated heterocycles. The third-order valence-electron chi connectivity index (χ3n) is 5.68. The van der Waals surface area contributed by atoms with E-state index < -0.39 is 37.9 Å². The van der Waals surface area contributed by atoms with Gasteiger partial charge in [-0.2, -0.15) is 0 Å². The summed E-state index contributed by atoms with van der Waals surface area (Å²) in [6, 6.07) is 4.92. The molecule has 2 aromatic carbocycles. The second-order valence-corrected chi connectivity index (χ2v) is 8.91. The smallest absolute Gasteiger partial charge is 0.338 e. The number of anilines is 1. The standard InChI is InChI=1S/C20H17F2NO5S/c1-28-19(25)14-8-12(9-15-13(14)10-18(24)20(15)5-2-6-20)23-29(26,27)17-4-3-11(21)7-16(17)22/h3-4,7-9,23H,2,5-6,10H2,1H3. The second-order valence-electron chi connectivity index (χ2n) is 7.26. The molecule has 0 atom stereocenters. The minimum Gasteiger partial charge on any atom is -0.465 e. The van der Waals surface area contributed by atoms with E-state index in [2.05, 4.69) is 4.72 Å². The highest BCUT2D eigenvalue weighted by Gasteiger charge is 2.51. The zero-order valence-corrected chi connectivity index (χ0v) is 16.2. The summed E-state index contributed by atoms with van der Waals surface area (Å²) in [6.45, 7) is 0. The molecular formula is C20H17F2NO5S. The van der Waals surface area contributed by atoms with Gasteiger partial charge in [-0.05, 0) is 48.2 Å². The van der Waals surface area contributed by atoms with Crippen LogP contribution in [0.5, 0.6) is 0 Å². The average molecular weight is 421 g/mol. The van der Waals surface area contributed by atoms with E-state index >= 15 is 0 Å². The quantitative estimate of drug-likeness (QED) is 0.767. The Hall–Kier alpha value is -2.81. The molecule has 2 aromatic rings. The molecule has 0 amide bonds. The summed E-state index contributed by atoms with van der Waals surface area (Å²) in [4.78, 5) is 24.2. The van der Waals surface area contributed by atoms with Crippen LogP contribution in [0, 0.1) is 11.6 Å². The number of carbonyl (C=O) groups is 2. The predicted octanol–water partition coefficient (Wildman–Crippen LogP) is 3.10. The Morgan fingerprint density at radius 1 is 1.17 bits per heavy atom. The molecule has 2 aliphatic rings. The Morgan fingerprint density at radius 3 is 2.48 bits per heavy atom. The monoisotopic (exact) mass is 421 g/mol. The lowest BCUT2D eigenvalue weighted by atomic mass is 9.64. The zero-order chi connectivity index (χ0) is 21.0. The van der Waals surface area contributed by atoms with E-state index in [1.165, 1.54) is 19.2 Å². The van der Waals surface area contributed by atoms with Gasteiger partial charge in [-0.1, -0.05) is 6.42 Å². The molecule has 0 aromatic heterocycles. The van der Waals surface area contributed by atoms with Crippen molar-refractivity contribution in [3.63, 3.8) is 0 Å². The van der Waals surface area contributed by atoms with Crippen molar-refractivity contribution in [2.45, 2.75) is 36.0 Å². The Labute approximate surface area is 165 Å². The summed E-state index contributed by atoms with van der Waals surface area (Å²) < 4.78 is 59.4. The summed E-state index contributed by atoms with van der Waals surface area (Å²) in [6.07, 6.45) is 2.19. The van der Waals surface area contributed by atoms with Gasteiger partial charge in [0.05, 0.1) is 23.8 Å². The van der Waals surface area contributed by atoms with Crippen LogP contribution in [0.1, 0.15) is 40.7 Å². The van der Waals surface area contributed by atoms with Crippen molar-refractivity contribution in [1.82, 2.24) is 0 Å². The normalized spacial score (nSPS) is 17.0. The average Bonchev–Trinajstić information content (AvgIpc) is 2.91. The second kappa shape index (κ2) is 6.62. The molecule has 1 saturated carbocycles. The van der Waals surface area contributed by atoms with Crippen LogP contribution in [0.2, 0.25) is 0 Å². The summed E-state index contributed by atoms with van der Waals surface area (Å²) >= 11 is 0. The minimum absolute atomic E-state index is 0.00603. The van der Waals surface area contributed by atoms with Gasteiger partial charge in [-0.3, -0.25) is 9.52 Å². The van der Waals surface area contributed by atoms with Gasteiger partial charge < -0.3 is 4.74 Å². The van der Waals surface area contributed by atoms with Crippen LogP contribution < -0.4 is 4.72 Å². The van der Waals surface area contributed by atoms with Crippen molar-refractivity contribution in [3.8, 4) is 0 Å². The number of sulfonamides is 1. The van der Waals surface area contributed by atoms with Crippen LogP contribution in [-0.2, 0) is 31.4 Å². The van der Waals surface area contributed by atoms with E-state index in [1.807, 2.05) is 0 Å². The number of nitrogens with one attached hydrogen (secondary N) is 1. The third kappa shape index (κ3) is 3.00. The highest BCUT2D eigenvalue weighted by atomic mass is 32.2. The third-order valence-corrected chi connectivity index (χ3v) is 7.10. The van der Waals surface area contributed by atoms with Gasteiger partial charge in [0.1, 0.15) is 22.3 Å². The van der Waals surface area contributed by atoms with Gasteiger partial charge in [0.25, 0.3) is 10.0 Å². The molecule has 2 aliphatic carbocycles. The van der Waals surface area contributed by atoms with Gasteiger partial charge in [-0.15, -0.1) is 0 Å². The molecule has 0 heterocycles.